The second-order valence-corrected chi connectivity index (χ2v) is 4.54. The Hall–Kier alpha value is -1.02. The van der Waals surface area contributed by atoms with Gasteiger partial charge in [-0.05, 0) is 37.0 Å². The van der Waals surface area contributed by atoms with Crippen molar-refractivity contribution in [2.45, 2.75) is 33.7 Å². The van der Waals surface area contributed by atoms with Crippen LogP contribution in [0.1, 0.15) is 25.0 Å². The average Bonchev–Trinajstić information content (AvgIpc) is 2.19. The summed E-state index contributed by atoms with van der Waals surface area (Å²) in [6, 6.07) is 6.52. The molecule has 0 radical (unpaired) electrons. The number of nitrogens with one attached hydrogen (secondary N) is 1. The van der Waals surface area contributed by atoms with Crippen LogP contribution in [0.4, 0.5) is 5.69 Å². The van der Waals surface area contributed by atoms with E-state index in [2.05, 4.69) is 51.2 Å². The molecule has 3 N–H and O–H groups in total. The maximum atomic E-state index is 5.99. The normalized spacial score (nSPS) is 12.9. The van der Waals surface area contributed by atoms with E-state index in [4.69, 9.17) is 5.73 Å². The summed E-state index contributed by atoms with van der Waals surface area (Å²) in [5.41, 5.74) is 9.82. The van der Waals surface area contributed by atoms with Gasteiger partial charge in [0.25, 0.3) is 0 Å². The minimum absolute atomic E-state index is 0.213. The van der Waals surface area contributed by atoms with Gasteiger partial charge >= 0.3 is 0 Å². The Bertz CT molecular complexity index is 318. The molecule has 1 aromatic carbocycles. The monoisotopic (exact) mass is 206 g/mol. The van der Waals surface area contributed by atoms with Crippen LogP contribution in [0.5, 0.6) is 0 Å². The van der Waals surface area contributed by atoms with Crippen molar-refractivity contribution in [2.75, 3.05) is 11.9 Å². The van der Waals surface area contributed by atoms with E-state index < -0.39 is 0 Å². The Morgan fingerprint density at radius 2 is 1.93 bits per heavy atom. The molecule has 1 atom stereocenters. The van der Waals surface area contributed by atoms with Crippen LogP contribution >= 0.6 is 0 Å². The lowest BCUT2D eigenvalue weighted by Crippen LogP contribution is -2.34. The van der Waals surface area contributed by atoms with E-state index in [9.17, 15) is 0 Å². The molecule has 1 rings (SSSR count). The number of hydrogen-bond donors (Lipinski definition) is 2. The highest BCUT2D eigenvalue weighted by molar-refractivity contribution is 5.53. The van der Waals surface area contributed by atoms with Crippen molar-refractivity contribution in [2.24, 2.45) is 11.7 Å². The second kappa shape index (κ2) is 5.17. The molecule has 1 unspecified atom stereocenters. The van der Waals surface area contributed by atoms with E-state index in [0.717, 1.165) is 6.54 Å². The molecule has 0 fully saturated rings. The summed E-state index contributed by atoms with van der Waals surface area (Å²) in [6.07, 6.45) is 0. The van der Waals surface area contributed by atoms with Gasteiger partial charge in [-0.15, -0.1) is 0 Å². The highest BCUT2D eigenvalue weighted by atomic mass is 14.9. The van der Waals surface area contributed by atoms with Crippen molar-refractivity contribution in [3.63, 3.8) is 0 Å². The first kappa shape index (κ1) is 12.1. The Morgan fingerprint density at radius 1 is 1.27 bits per heavy atom. The first-order valence-corrected chi connectivity index (χ1v) is 5.58. The van der Waals surface area contributed by atoms with Crippen LogP contribution in [0.15, 0.2) is 18.2 Å². The fourth-order valence-corrected chi connectivity index (χ4v) is 1.41. The van der Waals surface area contributed by atoms with Gasteiger partial charge in [0.2, 0.25) is 0 Å². The standard InChI is InChI=1S/C13H22N2/c1-9(2)12(14)8-15-13-7-5-6-10(3)11(13)4/h5-7,9,12,15H,8,14H2,1-4H3. The predicted octanol–water partition coefficient (Wildman–Crippen LogP) is 2.70. The second-order valence-electron chi connectivity index (χ2n) is 4.54. The van der Waals surface area contributed by atoms with Crippen molar-refractivity contribution >= 4 is 5.69 Å². The molecule has 1 aromatic rings. The van der Waals surface area contributed by atoms with Gasteiger partial charge in [0.15, 0.2) is 0 Å². The Morgan fingerprint density at radius 3 is 2.53 bits per heavy atom. The van der Waals surface area contributed by atoms with Crippen LogP contribution in [0.25, 0.3) is 0 Å². The number of benzene rings is 1. The van der Waals surface area contributed by atoms with E-state index in [1.165, 1.54) is 16.8 Å². The zero-order valence-corrected chi connectivity index (χ0v) is 10.2. The van der Waals surface area contributed by atoms with Crippen molar-refractivity contribution in [3.8, 4) is 0 Å². The molecule has 0 spiro atoms. The first-order chi connectivity index (χ1) is 7.02. The van der Waals surface area contributed by atoms with Crippen LogP contribution < -0.4 is 11.1 Å². The van der Waals surface area contributed by atoms with Crippen LogP contribution in [-0.4, -0.2) is 12.6 Å². The lowest BCUT2D eigenvalue weighted by atomic mass is 10.0. The third-order valence-corrected chi connectivity index (χ3v) is 2.99. The summed E-state index contributed by atoms with van der Waals surface area (Å²) >= 11 is 0. The Labute approximate surface area is 92.9 Å². The zero-order chi connectivity index (χ0) is 11.4. The summed E-state index contributed by atoms with van der Waals surface area (Å²) in [5, 5.41) is 3.41. The quantitative estimate of drug-likeness (QED) is 0.795. The summed E-state index contributed by atoms with van der Waals surface area (Å²) in [6.45, 7) is 9.40. The van der Waals surface area contributed by atoms with E-state index in [0.29, 0.717) is 5.92 Å². The summed E-state index contributed by atoms with van der Waals surface area (Å²) < 4.78 is 0. The van der Waals surface area contributed by atoms with Crippen molar-refractivity contribution < 1.29 is 0 Å². The highest BCUT2D eigenvalue weighted by Crippen LogP contribution is 2.17. The topological polar surface area (TPSA) is 38.0 Å². The van der Waals surface area contributed by atoms with Crippen LogP contribution in [0, 0.1) is 19.8 Å². The van der Waals surface area contributed by atoms with Crippen molar-refractivity contribution in [1.82, 2.24) is 0 Å². The van der Waals surface area contributed by atoms with E-state index in [1.54, 1.807) is 0 Å². The number of aryl methyl sites for hydroxylation is 1. The molecule has 0 aliphatic rings. The fraction of sp³-hybridized carbons (Fsp3) is 0.538. The number of rotatable bonds is 4. The third-order valence-electron chi connectivity index (χ3n) is 2.99. The maximum Gasteiger partial charge on any atom is 0.0373 e. The van der Waals surface area contributed by atoms with E-state index in [-0.39, 0.29) is 6.04 Å². The summed E-state index contributed by atoms with van der Waals surface area (Å²) in [7, 11) is 0. The molecular weight excluding hydrogens is 184 g/mol. The number of hydrogen-bond acceptors (Lipinski definition) is 2. The number of nitrogens with two attached hydrogens (primary N) is 1. The summed E-state index contributed by atoms with van der Waals surface area (Å²) in [5.74, 6) is 0.516. The average molecular weight is 206 g/mol. The number of anilines is 1. The van der Waals surface area contributed by atoms with Gasteiger partial charge in [-0.1, -0.05) is 26.0 Å². The van der Waals surface area contributed by atoms with E-state index in [1.807, 2.05) is 0 Å². The largest absolute Gasteiger partial charge is 0.383 e. The molecule has 0 aliphatic heterocycles. The summed E-state index contributed by atoms with van der Waals surface area (Å²) in [4.78, 5) is 0. The lowest BCUT2D eigenvalue weighted by Gasteiger charge is -2.18. The molecule has 0 aliphatic carbocycles. The molecule has 84 valence electrons. The fourth-order valence-electron chi connectivity index (χ4n) is 1.41. The minimum Gasteiger partial charge on any atom is -0.383 e. The molecule has 0 amide bonds. The smallest absolute Gasteiger partial charge is 0.0373 e. The molecule has 0 aromatic heterocycles. The molecular formula is C13H22N2. The highest BCUT2D eigenvalue weighted by Gasteiger charge is 2.07. The molecule has 2 nitrogen and oxygen atoms in total. The lowest BCUT2D eigenvalue weighted by molar-refractivity contribution is 0.511. The molecule has 0 saturated heterocycles. The van der Waals surface area contributed by atoms with Gasteiger partial charge in [0.1, 0.15) is 0 Å². The van der Waals surface area contributed by atoms with Crippen molar-refractivity contribution in [3.05, 3.63) is 29.3 Å². The maximum absolute atomic E-state index is 5.99. The molecule has 0 saturated carbocycles. The van der Waals surface area contributed by atoms with Gasteiger partial charge in [0, 0.05) is 18.3 Å². The first-order valence-electron chi connectivity index (χ1n) is 5.58. The van der Waals surface area contributed by atoms with E-state index >= 15 is 0 Å². The molecule has 15 heavy (non-hydrogen) atoms. The minimum atomic E-state index is 0.213. The van der Waals surface area contributed by atoms with Gasteiger partial charge < -0.3 is 11.1 Å². The zero-order valence-electron chi connectivity index (χ0n) is 10.2. The van der Waals surface area contributed by atoms with Gasteiger partial charge in [-0.3, -0.25) is 0 Å². The van der Waals surface area contributed by atoms with Gasteiger partial charge in [-0.25, -0.2) is 0 Å². The Balaban J connectivity index is 2.62. The molecule has 0 heterocycles. The third kappa shape index (κ3) is 3.24. The predicted molar refractivity (Wildman–Crippen MR) is 67.2 cm³/mol. The molecule has 2 heteroatoms. The van der Waals surface area contributed by atoms with Crippen LogP contribution in [0.2, 0.25) is 0 Å². The van der Waals surface area contributed by atoms with Crippen molar-refractivity contribution in [1.29, 1.82) is 0 Å². The Kier molecular flexibility index (Phi) is 4.15. The van der Waals surface area contributed by atoms with Gasteiger partial charge in [0.05, 0.1) is 0 Å². The van der Waals surface area contributed by atoms with Gasteiger partial charge in [-0.2, -0.15) is 0 Å². The SMILES string of the molecule is Cc1cccc(NCC(N)C(C)C)c1C. The van der Waals surface area contributed by atoms with Crippen LogP contribution in [-0.2, 0) is 0 Å². The molecule has 0 bridgehead atoms. The van der Waals surface area contributed by atoms with Crippen LogP contribution in [0.3, 0.4) is 0 Å².